The highest BCUT2D eigenvalue weighted by molar-refractivity contribution is 6.08. The van der Waals surface area contributed by atoms with Crippen molar-refractivity contribution in [3.05, 3.63) is 65.1 Å². The summed E-state index contributed by atoms with van der Waals surface area (Å²) < 4.78 is 18.6. The molecule has 0 radical (unpaired) electrons. The molecule has 4 heteroatoms. The van der Waals surface area contributed by atoms with Crippen molar-refractivity contribution in [2.24, 2.45) is 4.99 Å². The number of aliphatic imine (C=N–C) groups is 1. The number of dihydropyridines is 1. The van der Waals surface area contributed by atoms with Gasteiger partial charge >= 0.3 is 0 Å². The van der Waals surface area contributed by atoms with E-state index in [9.17, 15) is 4.39 Å². The number of allylic oxidation sites excluding steroid dienone is 1. The van der Waals surface area contributed by atoms with Crippen molar-refractivity contribution < 1.29 is 8.81 Å². The van der Waals surface area contributed by atoms with Crippen LogP contribution in [-0.4, -0.2) is 17.2 Å². The van der Waals surface area contributed by atoms with Crippen LogP contribution in [0.25, 0.3) is 0 Å². The van der Waals surface area contributed by atoms with Gasteiger partial charge < -0.3 is 4.42 Å². The third-order valence-electron chi connectivity index (χ3n) is 3.21. The van der Waals surface area contributed by atoms with Crippen LogP contribution in [0.4, 0.5) is 4.39 Å². The molecule has 0 aliphatic carbocycles. The summed E-state index contributed by atoms with van der Waals surface area (Å²) in [7, 11) is 0. The molecule has 3 rings (SSSR count). The lowest BCUT2D eigenvalue weighted by Crippen LogP contribution is -2.04. The number of oxazole rings is 1. The molecule has 0 atom stereocenters. The molecule has 102 valence electrons. The number of nitrogens with zero attached hydrogens (tertiary/aromatic N) is 2. The Morgan fingerprint density at radius 1 is 1.25 bits per heavy atom. The quantitative estimate of drug-likeness (QED) is 0.856. The second kappa shape index (κ2) is 5.41. The van der Waals surface area contributed by atoms with Crippen LogP contribution < -0.4 is 0 Å². The second-order valence-electron chi connectivity index (χ2n) is 4.77. The second-order valence-corrected chi connectivity index (χ2v) is 4.77. The normalized spacial score (nSPS) is 14.4. The lowest BCUT2D eigenvalue weighted by Gasteiger charge is -2.02. The Kier molecular flexibility index (Phi) is 3.46. The third-order valence-corrected chi connectivity index (χ3v) is 3.21. The van der Waals surface area contributed by atoms with Gasteiger partial charge in [0.15, 0.2) is 5.89 Å². The van der Waals surface area contributed by atoms with Crippen molar-refractivity contribution in [1.29, 1.82) is 0 Å². The van der Waals surface area contributed by atoms with Gasteiger partial charge in [-0.05, 0) is 37.1 Å². The number of rotatable bonds is 3. The molecule has 0 bridgehead atoms. The third kappa shape index (κ3) is 2.69. The Balaban J connectivity index is 1.83. The van der Waals surface area contributed by atoms with E-state index in [1.54, 1.807) is 12.1 Å². The molecule has 20 heavy (non-hydrogen) atoms. The smallest absolute Gasteiger partial charge is 0.199 e. The Labute approximate surface area is 116 Å². The van der Waals surface area contributed by atoms with Crippen LogP contribution in [0.5, 0.6) is 0 Å². The van der Waals surface area contributed by atoms with Crippen molar-refractivity contribution in [1.82, 2.24) is 4.98 Å². The molecule has 1 aromatic carbocycles. The van der Waals surface area contributed by atoms with Crippen molar-refractivity contribution in [3.8, 4) is 0 Å². The van der Waals surface area contributed by atoms with E-state index in [1.807, 2.05) is 13.0 Å². The van der Waals surface area contributed by atoms with Crippen molar-refractivity contribution >= 4 is 5.71 Å². The highest BCUT2D eigenvalue weighted by Crippen LogP contribution is 2.17. The Morgan fingerprint density at radius 2 is 2.05 bits per heavy atom. The first kappa shape index (κ1) is 12.8. The van der Waals surface area contributed by atoms with E-state index >= 15 is 0 Å². The molecular formula is C16H15FN2O. The predicted octanol–water partition coefficient (Wildman–Crippen LogP) is 3.46. The van der Waals surface area contributed by atoms with Crippen LogP contribution in [0.2, 0.25) is 0 Å². The van der Waals surface area contributed by atoms with Gasteiger partial charge in [0.05, 0.1) is 5.71 Å². The molecule has 0 saturated carbocycles. The maximum absolute atomic E-state index is 12.9. The summed E-state index contributed by atoms with van der Waals surface area (Å²) in [5.41, 5.74) is 2.65. The summed E-state index contributed by atoms with van der Waals surface area (Å²) in [6.07, 6.45) is 5.60. The topological polar surface area (TPSA) is 38.4 Å². The maximum Gasteiger partial charge on any atom is 0.199 e. The zero-order chi connectivity index (χ0) is 13.9. The van der Waals surface area contributed by atoms with E-state index in [-0.39, 0.29) is 5.82 Å². The molecule has 0 spiro atoms. The average molecular weight is 270 g/mol. The number of benzene rings is 1. The van der Waals surface area contributed by atoms with Gasteiger partial charge in [0.1, 0.15) is 17.3 Å². The first-order valence-corrected chi connectivity index (χ1v) is 6.64. The van der Waals surface area contributed by atoms with E-state index in [4.69, 9.17) is 4.42 Å². The highest BCUT2D eigenvalue weighted by atomic mass is 19.1. The van der Waals surface area contributed by atoms with Gasteiger partial charge in [-0.15, -0.1) is 0 Å². The summed E-state index contributed by atoms with van der Waals surface area (Å²) in [6, 6.07) is 6.37. The number of halogens is 1. The molecule has 2 heterocycles. The SMILES string of the molecule is Cc1oc(Cc2ccc(F)cc2)nc1C1=NCCC=C1. The minimum atomic E-state index is -0.236. The first-order valence-electron chi connectivity index (χ1n) is 6.64. The van der Waals surface area contributed by atoms with Crippen molar-refractivity contribution in [2.75, 3.05) is 6.54 Å². The summed E-state index contributed by atoms with van der Waals surface area (Å²) in [6.45, 7) is 2.69. The van der Waals surface area contributed by atoms with Crippen molar-refractivity contribution in [3.63, 3.8) is 0 Å². The fraction of sp³-hybridized carbons (Fsp3) is 0.250. The van der Waals surface area contributed by atoms with Gasteiger partial charge in [-0.25, -0.2) is 9.37 Å². The van der Waals surface area contributed by atoms with Crippen LogP contribution in [-0.2, 0) is 6.42 Å². The van der Waals surface area contributed by atoms with Crippen LogP contribution in [0, 0.1) is 12.7 Å². The van der Waals surface area contributed by atoms with Gasteiger partial charge in [-0.1, -0.05) is 18.2 Å². The van der Waals surface area contributed by atoms with Gasteiger partial charge in [0.25, 0.3) is 0 Å². The maximum atomic E-state index is 12.9. The Bertz CT molecular complexity index is 668. The van der Waals surface area contributed by atoms with E-state index < -0.39 is 0 Å². The van der Waals surface area contributed by atoms with Crippen LogP contribution >= 0.6 is 0 Å². The zero-order valence-electron chi connectivity index (χ0n) is 11.3. The molecule has 0 N–H and O–H groups in total. The molecule has 0 saturated heterocycles. The Morgan fingerprint density at radius 3 is 2.75 bits per heavy atom. The average Bonchev–Trinajstić information content (AvgIpc) is 2.83. The van der Waals surface area contributed by atoms with Crippen LogP contribution in [0.1, 0.15) is 29.3 Å². The van der Waals surface area contributed by atoms with Crippen molar-refractivity contribution in [2.45, 2.75) is 19.8 Å². The lowest BCUT2D eigenvalue weighted by atomic mass is 10.1. The summed E-state index contributed by atoms with van der Waals surface area (Å²) >= 11 is 0. The van der Waals surface area contributed by atoms with Gasteiger partial charge in [0, 0.05) is 13.0 Å². The molecule has 0 fully saturated rings. The summed E-state index contributed by atoms with van der Waals surface area (Å²) in [4.78, 5) is 8.96. The fourth-order valence-corrected chi connectivity index (χ4v) is 2.20. The first-order chi connectivity index (χ1) is 9.72. The standard InChI is InChI=1S/C16H15FN2O/c1-11-16(14-4-2-3-9-18-14)19-15(20-11)10-12-5-7-13(17)8-6-12/h2,4-8H,3,9-10H2,1H3. The van der Waals surface area contributed by atoms with Gasteiger partial charge in [-0.2, -0.15) is 0 Å². The summed E-state index contributed by atoms with van der Waals surface area (Å²) in [5, 5.41) is 0. The highest BCUT2D eigenvalue weighted by Gasteiger charge is 2.14. The monoisotopic (exact) mass is 270 g/mol. The Hall–Kier alpha value is -2.23. The van der Waals surface area contributed by atoms with Crippen LogP contribution in [0.3, 0.4) is 0 Å². The van der Waals surface area contributed by atoms with Gasteiger partial charge in [-0.3, -0.25) is 4.99 Å². The number of aryl methyl sites for hydroxylation is 1. The fourth-order valence-electron chi connectivity index (χ4n) is 2.20. The molecule has 1 aliphatic heterocycles. The van der Waals surface area contributed by atoms with E-state index in [2.05, 4.69) is 16.1 Å². The predicted molar refractivity (Wildman–Crippen MR) is 75.6 cm³/mol. The number of hydrogen-bond acceptors (Lipinski definition) is 3. The molecule has 3 nitrogen and oxygen atoms in total. The molecular weight excluding hydrogens is 255 g/mol. The number of hydrogen-bond donors (Lipinski definition) is 0. The lowest BCUT2D eigenvalue weighted by molar-refractivity contribution is 0.481. The van der Waals surface area contributed by atoms with E-state index in [0.29, 0.717) is 12.3 Å². The molecule has 0 amide bonds. The van der Waals surface area contributed by atoms with Gasteiger partial charge in [0.2, 0.25) is 0 Å². The minimum Gasteiger partial charge on any atom is -0.445 e. The largest absolute Gasteiger partial charge is 0.445 e. The molecule has 1 aliphatic rings. The minimum absolute atomic E-state index is 0.236. The summed E-state index contributed by atoms with van der Waals surface area (Å²) in [5.74, 6) is 1.16. The molecule has 0 unspecified atom stereocenters. The molecule has 1 aromatic heterocycles. The van der Waals surface area contributed by atoms with E-state index in [1.165, 1.54) is 12.1 Å². The molecule has 2 aromatic rings. The number of aromatic nitrogens is 1. The zero-order valence-corrected chi connectivity index (χ0v) is 11.3. The van der Waals surface area contributed by atoms with E-state index in [0.717, 1.165) is 35.7 Å². The van der Waals surface area contributed by atoms with Crippen LogP contribution in [0.15, 0.2) is 45.8 Å².